The molecule has 0 saturated heterocycles. The number of ether oxygens (including phenoxy) is 1. The second-order valence-electron chi connectivity index (χ2n) is 7.36. The summed E-state index contributed by atoms with van der Waals surface area (Å²) < 4.78 is 7.54. The van der Waals surface area contributed by atoms with E-state index >= 15 is 0 Å². The lowest BCUT2D eigenvalue weighted by atomic mass is 9.98. The number of pyridine rings is 1. The number of ketones is 1. The largest absolute Gasteiger partial charge is 0.459 e. The molecule has 28 heavy (non-hydrogen) atoms. The Hall–Kier alpha value is -3.01. The van der Waals surface area contributed by atoms with Gasteiger partial charge in [0.05, 0.1) is 5.56 Å². The lowest BCUT2D eigenvalue weighted by Gasteiger charge is -2.21. The third-order valence-corrected chi connectivity index (χ3v) is 5.37. The van der Waals surface area contributed by atoms with E-state index in [0.29, 0.717) is 11.1 Å². The Balaban J connectivity index is 1.44. The first-order valence-electron chi connectivity index (χ1n) is 9.92. The maximum absolute atomic E-state index is 12.7. The highest BCUT2D eigenvalue weighted by Gasteiger charge is 2.20. The van der Waals surface area contributed by atoms with Crippen LogP contribution in [0.15, 0.2) is 66.9 Å². The van der Waals surface area contributed by atoms with Crippen LogP contribution in [0.2, 0.25) is 0 Å². The van der Waals surface area contributed by atoms with Crippen LogP contribution in [0.25, 0.3) is 10.9 Å². The van der Waals surface area contributed by atoms with Gasteiger partial charge in [-0.2, -0.15) is 4.57 Å². The number of benzene rings is 2. The summed E-state index contributed by atoms with van der Waals surface area (Å²) in [7, 11) is 0. The molecule has 4 heteroatoms. The van der Waals surface area contributed by atoms with Crippen molar-refractivity contribution in [3.05, 3.63) is 78.0 Å². The van der Waals surface area contributed by atoms with Gasteiger partial charge >= 0.3 is 5.97 Å². The van der Waals surface area contributed by atoms with E-state index in [1.54, 1.807) is 24.3 Å². The van der Waals surface area contributed by atoms with Gasteiger partial charge in [-0.1, -0.05) is 30.7 Å². The molecule has 4 rings (SSSR count). The van der Waals surface area contributed by atoms with Crippen molar-refractivity contribution >= 4 is 22.7 Å². The number of nitrogens with zero attached hydrogens (tertiary/aromatic N) is 1. The zero-order valence-corrected chi connectivity index (χ0v) is 15.8. The van der Waals surface area contributed by atoms with Gasteiger partial charge in [0.15, 0.2) is 6.20 Å². The van der Waals surface area contributed by atoms with Crippen molar-refractivity contribution in [3.8, 4) is 0 Å². The Morgan fingerprint density at radius 3 is 2.32 bits per heavy atom. The minimum Gasteiger partial charge on any atom is -0.459 e. The number of rotatable bonds is 5. The zero-order valence-electron chi connectivity index (χ0n) is 15.8. The monoisotopic (exact) mass is 374 g/mol. The van der Waals surface area contributed by atoms with E-state index in [2.05, 4.69) is 0 Å². The van der Waals surface area contributed by atoms with Gasteiger partial charge in [-0.25, -0.2) is 4.79 Å². The molecular formula is C24H24NO3+. The molecule has 0 radical (unpaired) electrons. The fourth-order valence-electron chi connectivity index (χ4n) is 3.80. The standard InChI is InChI=1S/C24H24NO3/c26-23(17-25-16-6-8-18-7-4-5-11-22(18)25)19-12-14-20(15-13-19)24(27)28-21-9-2-1-3-10-21/h4-8,11-16,21H,1-3,9-10,17H2/q+1. The number of Topliss-reactive ketones (excluding diaryl/α,β-unsaturated/α-hetero) is 1. The van der Waals surface area contributed by atoms with E-state index in [4.69, 9.17) is 4.74 Å². The molecule has 0 N–H and O–H groups in total. The number of hydrogen-bond donors (Lipinski definition) is 0. The van der Waals surface area contributed by atoms with Crippen LogP contribution in [-0.2, 0) is 11.3 Å². The molecule has 1 saturated carbocycles. The molecule has 1 fully saturated rings. The topological polar surface area (TPSA) is 47.2 Å². The van der Waals surface area contributed by atoms with E-state index in [1.165, 1.54) is 6.42 Å². The highest BCUT2D eigenvalue weighted by molar-refractivity contribution is 5.97. The van der Waals surface area contributed by atoms with Gasteiger partial charge in [-0.15, -0.1) is 0 Å². The summed E-state index contributed by atoms with van der Waals surface area (Å²) in [4.78, 5) is 25.0. The van der Waals surface area contributed by atoms with E-state index in [1.807, 2.05) is 47.2 Å². The van der Waals surface area contributed by atoms with Crippen molar-refractivity contribution in [2.45, 2.75) is 44.8 Å². The van der Waals surface area contributed by atoms with Gasteiger partial charge in [0.25, 0.3) is 0 Å². The molecule has 142 valence electrons. The first-order chi connectivity index (χ1) is 13.7. The molecule has 1 aliphatic carbocycles. The quantitative estimate of drug-likeness (QED) is 0.375. The number of aromatic nitrogens is 1. The maximum Gasteiger partial charge on any atom is 0.338 e. The summed E-state index contributed by atoms with van der Waals surface area (Å²) in [5.41, 5.74) is 2.11. The Morgan fingerprint density at radius 2 is 1.54 bits per heavy atom. The van der Waals surface area contributed by atoms with Crippen molar-refractivity contribution < 1.29 is 18.9 Å². The predicted octanol–water partition coefficient (Wildman–Crippen LogP) is 4.50. The molecule has 1 heterocycles. The van der Waals surface area contributed by atoms with Crippen LogP contribution in [0, 0.1) is 0 Å². The Labute approximate surface area is 164 Å². The minimum atomic E-state index is -0.297. The fourth-order valence-corrected chi connectivity index (χ4v) is 3.80. The van der Waals surface area contributed by atoms with E-state index < -0.39 is 0 Å². The SMILES string of the molecule is O=C(C[n+]1cccc2ccccc21)c1ccc(C(=O)OC2CCCCC2)cc1. The predicted molar refractivity (Wildman–Crippen MR) is 107 cm³/mol. The van der Waals surface area contributed by atoms with Crippen molar-refractivity contribution in [2.24, 2.45) is 0 Å². The number of hydrogen-bond acceptors (Lipinski definition) is 3. The van der Waals surface area contributed by atoms with E-state index in [9.17, 15) is 9.59 Å². The summed E-state index contributed by atoms with van der Waals surface area (Å²) >= 11 is 0. The van der Waals surface area contributed by atoms with Crippen LogP contribution in [0.1, 0.15) is 52.8 Å². The molecule has 4 nitrogen and oxygen atoms in total. The van der Waals surface area contributed by atoms with Gasteiger partial charge in [-0.05, 0) is 49.9 Å². The van der Waals surface area contributed by atoms with Crippen LogP contribution >= 0.6 is 0 Å². The number of fused-ring (bicyclic) bond motifs is 1. The van der Waals surface area contributed by atoms with E-state index in [0.717, 1.165) is 36.6 Å². The molecule has 0 atom stereocenters. The number of para-hydroxylation sites is 1. The Kier molecular flexibility index (Phi) is 5.47. The van der Waals surface area contributed by atoms with Crippen molar-refractivity contribution in [2.75, 3.05) is 0 Å². The first-order valence-corrected chi connectivity index (χ1v) is 9.92. The maximum atomic E-state index is 12.7. The van der Waals surface area contributed by atoms with Gasteiger partial charge in [0.2, 0.25) is 17.8 Å². The lowest BCUT2D eigenvalue weighted by Crippen LogP contribution is -2.38. The molecule has 0 bridgehead atoms. The number of esters is 1. The number of carbonyl (C=O) groups is 2. The van der Waals surface area contributed by atoms with Crippen LogP contribution in [0.3, 0.4) is 0 Å². The van der Waals surface area contributed by atoms with Gasteiger partial charge in [0, 0.05) is 23.1 Å². The van der Waals surface area contributed by atoms with Crippen LogP contribution in [-0.4, -0.2) is 17.9 Å². The van der Waals surface area contributed by atoms with Gasteiger partial charge in [-0.3, -0.25) is 4.79 Å². The molecule has 1 aliphatic rings. The molecule has 2 aromatic carbocycles. The molecule has 0 amide bonds. The second-order valence-corrected chi connectivity index (χ2v) is 7.36. The molecule has 0 spiro atoms. The second kappa shape index (κ2) is 8.34. The van der Waals surface area contributed by atoms with E-state index in [-0.39, 0.29) is 24.4 Å². The first kappa shape index (κ1) is 18.4. The minimum absolute atomic E-state index is 0.00792. The highest BCUT2D eigenvalue weighted by Crippen LogP contribution is 2.21. The molecule has 0 unspecified atom stereocenters. The zero-order chi connectivity index (χ0) is 19.3. The summed E-state index contributed by atoms with van der Waals surface area (Å²) in [5, 5.41) is 1.10. The molecular weight excluding hydrogens is 350 g/mol. The molecule has 1 aromatic heterocycles. The van der Waals surface area contributed by atoms with Crippen molar-refractivity contribution in [1.82, 2.24) is 0 Å². The third kappa shape index (κ3) is 4.11. The third-order valence-electron chi connectivity index (χ3n) is 5.37. The average molecular weight is 374 g/mol. The average Bonchev–Trinajstić information content (AvgIpc) is 2.75. The number of carbonyl (C=O) groups excluding carboxylic acids is 2. The molecule has 3 aromatic rings. The lowest BCUT2D eigenvalue weighted by molar-refractivity contribution is -0.657. The van der Waals surface area contributed by atoms with Crippen LogP contribution in [0.4, 0.5) is 0 Å². The van der Waals surface area contributed by atoms with Crippen molar-refractivity contribution in [1.29, 1.82) is 0 Å². The summed E-state index contributed by atoms with van der Waals surface area (Å²) in [5.74, 6) is -0.289. The highest BCUT2D eigenvalue weighted by atomic mass is 16.5. The normalized spacial score (nSPS) is 14.7. The fraction of sp³-hybridized carbons (Fsp3) is 0.292. The van der Waals surface area contributed by atoms with Crippen molar-refractivity contribution in [3.63, 3.8) is 0 Å². The van der Waals surface area contributed by atoms with Gasteiger partial charge < -0.3 is 4.74 Å². The smallest absolute Gasteiger partial charge is 0.338 e. The Bertz CT molecular complexity index is 983. The van der Waals surface area contributed by atoms with Gasteiger partial charge in [0.1, 0.15) is 6.10 Å². The summed E-state index contributed by atoms with van der Waals surface area (Å²) in [6, 6.07) is 18.8. The van der Waals surface area contributed by atoms with Crippen LogP contribution in [0.5, 0.6) is 0 Å². The summed E-state index contributed by atoms with van der Waals surface area (Å²) in [6.07, 6.45) is 7.31. The van der Waals surface area contributed by atoms with Crippen LogP contribution < -0.4 is 4.57 Å². The summed E-state index contributed by atoms with van der Waals surface area (Å²) in [6.45, 7) is 0.257. The Morgan fingerprint density at radius 1 is 0.857 bits per heavy atom. The molecule has 0 aliphatic heterocycles.